The molecule has 0 bridgehead atoms. The van der Waals surface area contributed by atoms with Gasteiger partial charge in [0.25, 0.3) is 0 Å². The fraction of sp³-hybridized carbons (Fsp3) is 0.154. The quantitative estimate of drug-likeness (QED) is 0.723. The maximum absolute atomic E-state index is 12.1. The van der Waals surface area contributed by atoms with Crippen molar-refractivity contribution in [3.63, 3.8) is 0 Å². The normalized spacial score (nSPS) is 11.8. The predicted octanol–water partition coefficient (Wildman–Crippen LogP) is 3.76. The fourth-order valence-corrected chi connectivity index (χ4v) is 2.58. The highest BCUT2D eigenvalue weighted by Gasteiger charge is 2.31. The van der Waals surface area contributed by atoms with Crippen LogP contribution in [0.1, 0.15) is 5.01 Å². The summed E-state index contributed by atoms with van der Waals surface area (Å²) in [6, 6.07) is 5.45. The molecule has 0 spiro atoms. The van der Waals surface area contributed by atoms with Gasteiger partial charge >= 0.3 is 6.36 Å². The highest BCUT2D eigenvalue weighted by molar-refractivity contribution is 7.18. The number of halogens is 3. The first-order valence-electron chi connectivity index (χ1n) is 5.80. The van der Waals surface area contributed by atoms with Gasteiger partial charge in [0.2, 0.25) is 0 Å². The third-order valence-corrected chi connectivity index (χ3v) is 3.48. The lowest BCUT2D eigenvalue weighted by molar-refractivity contribution is -0.274. The van der Waals surface area contributed by atoms with Crippen LogP contribution >= 0.6 is 11.3 Å². The van der Waals surface area contributed by atoms with E-state index in [1.807, 2.05) is 6.92 Å². The highest BCUT2D eigenvalue weighted by Crippen LogP contribution is 2.30. The first-order valence-corrected chi connectivity index (χ1v) is 6.61. The van der Waals surface area contributed by atoms with Crippen molar-refractivity contribution in [2.24, 2.45) is 0 Å². The molecule has 3 aromatic rings. The number of rotatable bonds is 2. The number of ether oxygens (including phenoxy) is 1. The fourth-order valence-electron chi connectivity index (χ4n) is 1.84. The summed E-state index contributed by atoms with van der Waals surface area (Å²) in [5.41, 5.74) is 1.77. The lowest BCUT2D eigenvalue weighted by Crippen LogP contribution is -2.16. The number of aromatic nitrogens is 3. The van der Waals surface area contributed by atoms with Gasteiger partial charge < -0.3 is 4.74 Å². The molecule has 107 valence electrons. The number of fused-ring (bicyclic) bond motifs is 1. The molecule has 0 atom stereocenters. The second kappa shape index (κ2) is 4.96. The van der Waals surface area contributed by atoms with Gasteiger partial charge in [-0.3, -0.25) is 0 Å². The molecular weight excluding hydrogens is 303 g/mol. The van der Waals surface area contributed by atoms with Crippen LogP contribution in [0.2, 0.25) is 0 Å². The monoisotopic (exact) mass is 310 g/mol. The third-order valence-electron chi connectivity index (χ3n) is 2.62. The van der Waals surface area contributed by atoms with Crippen LogP contribution in [0, 0.1) is 13.3 Å². The van der Waals surface area contributed by atoms with Crippen molar-refractivity contribution in [3.05, 3.63) is 35.6 Å². The van der Waals surface area contributed by atoms with Crippen molar-refractivity contribution >= 4 is 21.7 Å². The van der Waals surface area contributed by atoms with Crippen LogP contribution in [0.5, 0.6) is 5.75 Å². The third kappa shape index (κ3) is 2.94. The van der Waals surface area contributed by atoms with E-state index in [4.69, 9.17) is 0 Å². The van der Waals surface area contributed by atoms with Crippen LogP contribution in [0.25, 0.3) is 21.6 Å². The summed E-state index contributed by atoms with van der Waals surface area (Å²) >= 11 is 1.41. The molecule has 0 aliphatic rings. The summed E-state index contributed by atoms with van der Waals surface area (Å²) in [6.45, 7) is 1.84. The summed E-state index contributed by atoms with van der Waals surface area (Å²) in [5, 5.41) is 0.831. The van der Waals surface area contributed by atoms with Gasteiger partial charge in [-0.05, 0) is 31.2 Å². The Labute approximate surface area is 121 Å². The van der Waals surface area contributed by atoms with E-state index in [1.54, 1.807) is 0 Å². The van der Waals surface area contributed by atoms with Crippen LogP contribution in [0.3, 0.4) is 0 Å². The summed E-state index contributed by atoms with van der Waals surface area (Å²) in [7, 11) is 0. The topological polar surface area (TPSA) is 47.9 Å². The van der Waals surface area contributed by atoms with Crippen LogP contribution in [0.15, 0.2) is 24.3 Å². The average molecular weight is 310 g/mol. The van der Waals surface area contributed by atoms with Crippen LogP contribution in [0.4, 0.5) is 13.2 Å². The Morgan fingerprint density at radius 2 is 1.86 bits per heavy atom. The van der Waals surface area contributed by atoms with Gasteiger partial charge in [-0.15, -0.1) is 13.2 Å². The molecule has 4 nitrogen and oxygen atoms in total. The van der Waals surface area contributed by atoms with E-state index in [9.17, 15) is 13.2 Å². The minimum Gasteiger partial charge on any atom is -0.406 e. The number of hydrogen-bond acceptors (Lipinski definition) is 5. The summed E-state index contributed by atoms with van der Waals surface area (Å²) in [6.07, 6.45) is -2.18. The largest absolute Gasteiger partial charge is 0.573 e. The number of alkyl halides is 3. The number of hydrogen-bond donors (Lipinski definition) is 0. The molecule has 2 aromatic heterocycles. The van der Waals surface area contributed by atoms with Gasteiger partial charge in [0, 0.05) is 5.56 Å². The van der Waals surface area contributed by atoms with E-state index >= 15 is 0 Å². The molecule has 0 aliphatic heterocycles. The molecule has 0 unspecified atom stereocenters. The zero-order valence-corrected chi connectivity index (χ0v) is 11.4. The van der Waals surface area contributed by atoms with Crippen molar-refractivity contribution in [2.75, 3.05) is 0 Å². The predicted molar refractivity (Wildman–Crippen MR) is 70.9 cm³/mol. The van der Waals surface area contributed by atoms with Gasteiger partial charge in [0.15, 0.2) is 6.33 Å². The van der Waals surface area contributed by atoms with Crippen molar-refractivity contribution in [1.29, 1.82) is 0 Å². The first-order chi connectivity index (χ1) is 9.92. The zero-order valence-electron chi connectivity index (χ0n) is 10.6. The van der Waals surface area contributed by atoms with E-state index in [2.05, 4.69) is 26.0 Å². The molecule has 3 rings (SSSR count). The van der Waals surface area contributed by atoms with Gasteiger partial charge in [0.05, 0.1) is 5.01 Å². The molecule has 0 aliphatic carbocycles. The Kier molecular flexibility index (Phi) is 3.25. The van der Waals surface area contributed by atoms with E-state index in [0.29, 0.717) is 21.6 Å². The Morgan fingerprint density at radius 1 is 1.14 bits per heavy atom. The van der Waals surface area contributed by atoms with Gasteiger partial charge in [-0.1, -0.05) is 11.3 Å². The Balaban J connectivity index is 1.99. The summed E-state index contributed by atoms with van der Waals surface area (Å²) < 4.78 is 40.2. The van der Waals surface area contributed by atoms with Crippen LogP contribution in [-0.4, -0.2) is 21.3 Å². The van der Waals surface area contributed by atoms with E-state index in [1.165, 1.54) is 35.6 Å². The van der Waals surface area contributed by atoms with Crippen molar-refractivity contribution < 1.29 is 17.9 Å². The molecule has 2 heterocycles. The van der Waals surface area contributed by atoms with E-state index < -0.39 is 6.36 Å². The molecule has 0 amide bonds. The van der Waals surface area contributed by atoms with Crippen molar-refractivity contribution in [3.8, 4) is 17.0 Å². The average Bonchev–Trinajstić information content (AvgIpc) is 2.78. The van der Waals surface area contributed by atoms with E-state index in [-0.39, 0.29) is 5.75 Å². The Morgan fingerprint density at radius 3 is 2.52 bits per heavy atom. The van der Waals surface area contributed by atoms with Crippen LogP contribution in [-0.2, 0) is 0 Å². The molecule has 0 fully saturated rings. The number of benzene rings is 1. The summed E-state index contributed by atoms with van der Waals surface area (Å²) in [5.74, 6) is -0.282. The molecular formula is C13H7F3N3OS. The van der Waals surface area contributed by atoms with Crippen molar-refractivity contribution in [2.45, 2.75) is 13.3 Å². The minimum absolute atomic E-state index is 0.282. The summed E-state index contributed by atoms with van der Waals surface area (Å²) in [4.78, 5) is 13.1. The SMILES string of the molecule is Cc1nc2c(-c3ccc(OC(F)(F)F)cc3)n[c]nc2s1. The molecule has 8 heteroatoms. The van der Waals surface area contributed by atoms with Gasteiger partial charge in [-0.25, -0.2) is 15.0 Å². The lowest BCUT2D eigenvalue weighted by Gasteiger charge is -2.09. The second-order valence-corrected chi connectivity index (χ2v) is 5.31. The maximum Gasteiger partial charge on any atom is 0.573 e. The molecule has 0 saturated carbocycles. The van der Waals surface area contributed by atoms with Crippen LogP contribution < -0.4 is 4.74 Å². The Bertz CT molecular complexity index is 783. The molecule has 0 saturated heterocycles. The number of nitrogens with zero attached hydrogens (tertiary/aromatic N) is 3. The minimum atomic E-state index is -4.70. The Hall–Kier alpha value is -2.22. The van der Waals surface area contributed by atoms with Gasteiger partial charge in [-0.2, -0.15) is 0 Å². The smallest absolute Gasteiger partial charge is 0.406 e. The molecule has 1 aromatic carbocycles. The highest BCUT2D eigenvalue weighted by atomic mass is 32.1. The molecule has 21 heavy (non-hydrogen) atoms. The number of thiazole rings is 1. The second-order valence-electron chi connectivity index (χ2n) is 4.13. The first kappa shape index (κ1) is 13.7. The van der Waals surface area contributed by atoms with Crippen molar-refractivity contribution in [1.82, 2.24) is 15.0 Å². The molecule has 0 N–H and O–H groups in total. The van der Waals surface area contributed by atoms with Gasteiger partial charge in [0.1, 0.15) is 21.8 Å². The standard InChI is InChI=1S/C13H7F3N3OS/c1-7-19-11-10(17-6-18-12(11)21-7)8-2-4-9(5-3-8)20-13(14,15)16/h2-5H,1H3. The van der Waals surface area contributed by atoms with E-state index in [0.717, 1.165) is 5.01 Å². The number of aryl methyl sites for hydroxylation is 1. The maximum atomic E-state index is 12.1. The lowest BCUT2D eigenvalue weighted by atomic mass is 10.1. The zero-order chi connectivity index (χ0) is 15.0. The molecule has 1 radical (unpaired) electrons.